The maximum Gasteiger partial charge on any atom is 0.144 e. The third-order valence-corrected chi connectivity index (χ3v) is 5.12. The molecule has 1 fully saturated rings. The van der Waals surface area contributed by atoms with Crippen LogP contribution in [0.2, 0.25) is 5.02 Å². The lowest BCUT2D eigenvalue weighted by atomic mass is 9.98. The summed E-state index contributed by atoms with van der Waals surface area (Å²) >= 11 is 12.1. The topological polar surface area (TPSA) is 17.8 Å². The summed E-state index contributed by atoms with van der Waals surface area (Å²) in [4.78, 5) is 4.56. The molecule has 1 heterocycles. The van der Waals surface area contributed by atoms with E-state index in [9.17, 15) is 4.39 Å². The molecular formula is C16H19Cl2FN2. The molecule has 0 aliphatic heterocycles. The Labute approximate surface area is 134 Å². The molecule has 1 saturated carbocycles. The summed E-state index contributed by atoms with van der Waals surface area (Å²) < 4.78 is 15.9. The Balaban J connectivity index is 2.09. The van der Waals surface area contributed by atoms with E-state index in [1.165, 1.54) is 25.3 Å². The van der Waals surface area contributed by atoms with E-state index in [0.717, 1.165) is 23.4 Å². The number of alkyl halides is 1. The van der Waals surface area contributed by atoms with Crippen LogP contribution in [0.1, 0.15) is 44.3 Å². The van der Waals surface area contributed by atoms with Gasteiger partial charge in [0.15, 0.2) is 0 Å². The monoisotopic (exact) mass is 328 g/mol. The predicted octanol–water partition coefficient (Wildman–Crippen LogP) is 5.56. The van der Waals surface area contributed by atoms with E-state index in [1.54, 1.807) is 6.07 Å². The Morgan fingerprint density at radius 2 is 2.19 bits per heavy atom. The lowest BCUT2D eigenvalue weighted by Crippen LogP contribution is -2.15. The van der Waals surface area contributed by atoms with Gasteiger partial charge in [0.1, 0.15) is 11.6 Å². The SMILES string of the molecule is CC(Cl)c1nc2cc(Cl)c(F)cc2n1CC1CCCC1C. The van der Waals surface area contributed by atoms with Crippen molar-refractivity contribution in [3.63, 3.8) is 0 Å². The van der Waals surface area contributed by atoms with Crippen LogP contribution in [0.3, 0.4) is 0 Å². The van der Waals surface area contributed by atoms with Gasteiger partial charge in [0.25, 0.3) is 0 Å². The minimum atomic E-state index is -0.404. The van der Waals surface area contributed by atoms with Crippen molar-refractivity contribution in [3.8, 4) is 0 Å². The van der Waals surface area contributed by atoms with Crippen LogP contribution in [0.25, 0.3) is 11.0 Å². The Morgan fingerprint density at radius 3 is 2.81 bits per heavy atom. The lowest BCUT2D eigenvalue weighted by Gasteiger charge is -2.19. The van der Waals surface area contributed by atoms with Crippen LogP contribution in [0.4, 0.5) is 4.39 Å². The first-order valence-corrected chi connectivity index (χ1v) is 8.28. The normalized spacial score (nSPS) is 23.9. The highest BCUT2D eigenvalue weighted by molar-refractivity contribution is 6.31. The van der Waals surface area contributed by atoms with Gasteiger partial charge in [-0.25, -0.2) is 9.37 Å². The van der Waals surface area contributed by atoms with E-state index in [1.807, 2.05) is 6.92 Å². The maximum atomic E-state index is 13.8. The first-order chi connectivity index (χ1) is 9.97. The largest absolute Gasteiger partial charge is 0.326 e. The number of hydrogen-bond donors (Lipinski definition) is 0. The number of benzene rings is 1. The average molecular weight is 329 g/mol. The minimum absolute atomic E-state index is 0.107. The molecule has 21 heavy (non-hydrogen) atoms. The quantitative estimate of drug-likeness (QED) is 0.674. The molecule has 1 aliphatic carbocycles. The summed E-state index contributed by atoms with van der Waals surface area (Å²) in [6, 6.07) is 3.07. The number of halogens is 3. The van der Waals surface area contributed by atoms with Crippen molar-refractivity contribution in [1.82, 2.24) is 9.55 Å². The molecular weight excluding hydrogens is 310 g/mol. The second kappa shape index (κ2) is 5.77. The zero-order chi connectivity index (χ0) is 15.1. The van der Waals surface area contributed by atoms with E-state index >= 15 is 0 Å². The molecule has 0 radical (unpaired) electrons. The van der Waals surface area contributed by atoms with Crippen molar-refractivity contribution in [2.45, 2.75) is 45.0 Å². The molecule has 0 saturated heterocycles. The summed E-state index contributed by atoms with van der Waals surface area (Å²) in [6.07, 6.45) is 3.75. The van der Waals surface area contributed by atoms with Crippen molar-refractivity contribution < 1.29 is 4.39 Å². The zero-order valence-corrected chi connectivity index (χ0v) is 13.8. The minimum Gasteiger partial charge on any atom is -0.326 e. The van der Waals surface area contributed by atoms with Crippen molar-refractivity contribution >= 4 is 34.2 Å². The molecule has 5 heteroatoms. The Hall–Kier alpha value is -0.800. The van der Waals surface area contributed by atoms with E-state index in [4.69, 9.17) is 23.2 Å². The standard InChI is InChI=1S/C16H19Cl2FN2/c1-9-4-3-5-11(9)8-21-15-7-13(19)12(18)6-14(15)20-16(21)10(2)17/h6-7,9-11H,3-5,8H2,1-2H3. The van der Waals surface area contributed by atoms with Crippen molar-refractivity contribution in [2.75, 3.05) is 0 Å². The second-order valence-electron chi connectivity index (χ2n) is 6.12. The van der Waals surface area contributed by atoms with Crippen molar-refractivity contribution in [1.29, 1.82) is 0 Å². The van der Waals surface area contributed by atoms with Crippen LogP contribution < -0.4 is 0 Å². The number of rotatable bonds is 3. The fraction of sp³-hybridized carbons (Fsp3) is 0.562. The molecule has 114 valence electrons. The van der Waals surface area contributed by atoms with Gasteiger partial charge in [0.2, 0.25) is 0 Å². The van der Waals surface area contributed by atoms with Crippen LogP contribution in [0, 0.1) is 17.7 Å². The molecule has 3 atom stereocenters. The smallest absolute Gasteiger partial charge is 0.144 e. The highest BCUT2D eigenvalue weighted by Gasteiger charge is 2.26. The third-order valence-electron chi connectivity index (χ3n) is 4.63. The predicted molar refractivity (Wildman–Crippen MR) is 85.5 cm³/mol. The van der Waals surface area contributed by atoms with E-state index in [0.29, 0.717) is 11.8 Å². The number of imidazole rings is 1. The summed E-state index contributed by atoms with van der Waals surface area (Å²) in [7, 11) is 0. The summed E-state index contributed by atoms with van der Waals surface area (Å²) in [5, 5.41) is -0.105. The zero-order valence-electron chi connectivity index (χ0n) is 12.2. The average Bonchev–Trinajstić information content (AvgIpc) is 2.97. The van der Waals surface area contributed by atoms with Crippen LogP contribution in [0.5, 0.6) is 0 Å². The molecule has 1 aliphatic rings. The number of hydrogen-bond acceptors (Lipinski definition) is 1. The van der Waals surface area contributed by atoms with Gasteiger partial charge in [-0.2, -0.15) is 0 Å². The van der Waals surface area contributed by atoms with Gasteiger partial charge in [-0.3, -0.25) is 0 Å². The first kappa shape index (κ1) is 15.1. The molecule has 1 aromatic carbocycles. The maximum absolute atomic E-state index is 13.8. The van der Waals surface area contributed by atoms with Gasteiger partial charge in [0.05, 0.1) is 21.4 Å². The highest BCUT2D eigenvalue weighted by atomic mass is 35.5. The van der Waals surface area contributed by atoms with Crippen LogP contribution in [-0.4, -0.2) is 9.55 Å². The fourth-order valence-corrected chi connectivity index (χ4v) is 3.69. The van der Waals surface area contributed by atoms with Gasteiger partial charge < -0.3 is 4.57 Å². The molecule has 0 spiro atoms. The summed E-state index contributed by atoms with van der Waals surface area (Å²) in [5.41, 5.74) is 1.51. The Morgan fingerprint density at radius 1 is 1.43 bits per heavy atom. The molecule has 3 unspecified atom stereocenters. The van der Waals surface area contributed by atoms with Crippen LogP contribution in [-0.2, 0) is 6.54 Å². The van der Waals surface area contributed by atoms with Crippen molar-refractivity contribution in [2.24, 2.45) is 11.8 Å². The number of nitrogens with zero attached hydrogens (tertiary/aromatic N) is 2. The van der Waals surface area contributed by atoms with Crippen molar-refractivity contribution in [3.05, 3.63) is 28.8 Å². The number of aromatic nitrogens is 2. The molecule has 1 aromatic heterocycles. The molecule has 0 bridgehead atoms. The van der Waals surface area contributed by atoms with Gasteiger partial charge in [0, 0.05) is 12.6 Å². The van der Waals surface area contributed by atoms with Gasteiger partial charge >= 0.3 is 0 Å². The van der Waals surface area contributed by atoms with E-state index in [2.05, 4.69) is 16.5 Å². The van der Waals surface area contributed by atoms with Crippen LogP contribution in [0.15, 0.2) is 12.1 Å². The lowest BCUT2D eigenvalue weighted by molar-refractivity contribution is 0.363. The summed E-state index contributed by atoms with van der Waals surface area (Å²) in [6.45, 7) is 5.04. The van der Waals surface area contributed by atoms with E-state index in [-0.39, 0.29) is 10.4 Å². The van der Waals surface area contributed by atoms with Gasteiger partial charge in [-0.15, -0.1) is 11.6 Å². The third kappa shape index (κ3) is 2.78. The Kier molecular flexibility index (Phi) is 4.15. The molecule has 0 amide bonds. The highest BCUT2D eigenvalue weighted by Crippen LogP contribution is 2.35. The Bertz CT molecular complexity index is 666. The number of fused-ring (bicyclic) bond motifs is 1. The summed E-state index contributed by atoms with van der Waals surface area (Å²) in [5.74, 6) is 1.69. The second-order valence-corrected chi connectivity index (χ2v) is 7.18. The molecule has 2 aromatic rings. The van der Waals surface area contributed by atoms with Gasteiger partial charge in [-0.05, 0) is 31.2 Å². The molecule has 0 N–H and O–H groups in total. The van der Waals surface area contributed by atoms with Gasteiger partial charge in [-0.1, -0.05) is 31.4 Å². The fourth-order valence-electron chi connectivity index (χ4n) is 3.36. The molecule has 2 nitrogen and oxygen atoms in total. The van der Waals surface area contributed by atoms with E-state index < -0.39 is 5.82 Å². The first-order valence-electron chi connectivity index (χ1n) is 7.46. The molecule has 3 rings (SSSR count). The van der Waals surface area contributed by atoms with Crippen LogP contribution >= 0.6 is 23.2 Å².